The van der Waals surface area contributed by atoms with E-state index in [0.29, 0.717) is 189 Å². The molecule has 137 heavy (non-hydrogen) atoms. The summed E-state index contributed by atoms with van der Waals surface area (Å²) >= 11 is 0. The van der Waals surface area contributed by atoms with Gasteiger partial charge in [0.1, 0.15) is 42.7 Å². The summed E-state index contributed by atoms with van der Waals surface area (Å²) in [6.07, 6.45) is 30.1. The number of hydrogen-bond donors (Lipinski definition) is 7. The van der Waals surface area contributed by atoms with E-state index in [2.05, 4.69) is 183 Å². The molecule has 1 aliphatic heterocycles. The third-order valence-electron chi connectivity index (χ3n) is 30.1. The van der Waals surface area contributed by atoms with Crippen molar-refractivity contribution in [1.29, 1.82) is 0 Å². The maximum absolute atomic E-state index is 12.2. The molecule has 8 saturated carbocycles. The molecule has 0 aromatic heterocycles. The molecule has 26 nitrogen and oxygen atoms in total. The summed E-state index contributed by atoms with van der Waals surface area (Å²) in [5, 5.41) is 19.8. The van der Waals surface area contributed by atoms with Gasteiger partial charge in [0.25, 0.3) is 0 Å². The molecule has 2 aromatic rings. The standard InChI is InChI=1S/C19H27NO4.C18H27NO2.C17H31NO2.2C15H29NO3.C14H27NO3.C13H25NO2/c1-12(2)15-6-4-13(3)8-17(15)24-19(21)20-10-14-5-7-16-18(9-14)23-11-22-16;1-13(2)16-10-9-14(3)11-17(16)21-18(20)19-12-15-7-5-4-6-8-15;1-12(2)15-10-9-13(3)11-16(15)20-17(19)18-14-7-5-4-6-8-14;2*1-11(2)13-7-6-12(3)10-14(13)19-15(17)16-8-5-9-18-4;1-10(2)12-6-5-11(3)9-13(12)18-14(16)15-7-8-17-4;1-5-14-13(15)16-12-8-10(4)6-7-11(12)9(2)3/h5,7,9,12-13,15,17H,4,6,8,10-11H2,1-3H3,(H,20,21);4-8,13-14,16-17H,9-12H2,1-3H3,(H,19,20);12-16H,4-11H2,1-3H3,(H,18,19);2*11-14H,5-10H2,1-4H3,(H,16,17);10-13H,5-9H2,1-4H3,(H,15,16);9-12H,5-8H2,1-4H3,(H,14,15)/t13-,15+,17+;14-,16+,17+;13-,15+,16+;2*12-,13+,14+;11-,12+,13+;10-,11+,12+/m1111011/s1. The Labute approximate surface area is 829 Å². The third-order valence-corrected chi connectivity index (χ3v) is 30.1. The van der Waals surface area contributed by atoms with Crippen LogP contribution < -0.4 is 46.7 Å². The van der Waals surface area contributed by atoms with E-state index >= 15 is 0 Å². The van der Waals surface area contributed by atoms with Crippen LogP contribution in [0.3, 0.4) is 0 Å². The van der Waals surface area contributed by atoms with E-state index in [4.69, 9.17) is 56.8 Å². The number of rotatable bonds is 31. The minimum atomic E-state index is -0.336. The predicted molar refractivity (Wildman–Crippen MR) is 547 cm³/mol. The maximum Gasteiger partial charge on any atom is 0.407 e. The van der Waals surface area contributed by atoms with Crippen LogP contribution >= 0.6 is 0 Å². The van der Waals surface area contributed by atoms with Crippen LogP contribution in [0.4, 0.5) is 33.6 Å². The minimum Gasteiger partial charge on any atom is -0.454 e. The first-order chi connectivity index (χ1) is 65.3. The number of benzene rings is 2. The number of carbonyl (C=O) groups is 7. The lowest BCUT2D eigenvalue weighted by molar-refractivity contribution is 0.00406. The second-order valence-electron chi connectivity index (χ2n) is 44.2. The predicted octanol–water partition coefficient (Wildman–Crippen LogP) is 25.4. The molecule has 9 aliphatic rings. The number of ether oxygens (including phenoxy) is 12. The van der Waals surface area contributed by atoms with Crippen molar-refractivity contribution in [2.45, 2.75) is 394 Å². The lowest BCUT2D eigenvalue weighted by atomic mass is 9.75. The molecule has 0 unspecified atom stereocenters. The van der Waals surface area contributed by atoms with Gasteiger partial charge in [-0.05, 0) is 270 Å². The van der Waals surface area contributed by atoms with Crippen LogP contribution in [0.1, 0.15) is 343 Å². The number of amides is 7. The molecule has 0 spiro atoms. The van der Waals surface area contributed by atoms with Gasteiger partial charge in [0.2, 0.25) is 6.79 Å². The average molecular weight is 1930 g/mol. The zero-order valence-corrected chi connectivity index (χ0v) is 90.0. The van der Waals surface area contributed by atoms with Crippen molar-refractivity contribution in [3.63, 3.8) is 0 Å². The summed E-state index contributed by atoms with van der Waals surface area (Å²) in [6.45, 7) is 54.1. The van der Waals surface area contributed by atoms with Gasteiger partial charge in [-0.25, -0.2) is 33.6 Å². The summed E-state index contributed by atoms with van der Waals surface area (Å²) in [4.78, 5) is 83.0. The summed E-state index contributed by atoms with van der Waals surface area (Å²) in [5.74, 6) is 13.5. The summed E-state index contributed by atoms with van der Waals surface area (Å²) in [5.41, 5.74) is 2.06. The molecular weight excluding hydrogens is 1740 g/mol. The van der Waals surface area contributed by atoms with Crippen molar-refractivity contribution >= 4 is 42.7 Å². The van der Waals surface area contributed by atoms with E-state index in [-0.39, 0.29) is 92.2 Å². The van der Waals surface area contributed by atoms with Crippen molar-refractivity contribution in [3.05, 3.63) is 59.7 Å². The Balaban J connectivity index is 0.000000283. The normalized spacial score (nSPS) is 27.9. The number of hydrogen-bond acceptors (Lipinski definition) is 19. The minimum absolute atomic E-state index is 0.0190. The van der Waals surface area contributed by atoms with Crippen LogP contribution in [0.25, 0.3) is 0 Å². The van der Waals surface area contributed by atoms with Gasteiger partial charge in [-0.3, -0.25) is 0 Å². The third kappa shape index (κ3) is 47.5. The quantitative estimate of drug-likeness (QED) is 0.0272. The van der Waals surface area contributed by atoms with Gasteiger partial charge in [-0.2, -0.15) is 0 Å². The zero-order chi connectivity index (χ0) is 101. The molecule has 1 heterocycles. The molecule has 21 atom stereocenters. The maximum atomic E-state index is 12.2. The highest BCUT2D eigenvalue weighted by molar-refractivity contribution is 5.70. The average Bonchev–Trinajstić information content (AvgIpc) is 1.73. The van der Waals surface area contributed by atoms with Crippen molar-refractivity contribution < 1.29 is 90.4 Å². The lowest BCUT2D eigenvalue weighted by Crippen LogP contribution is -2.42. The smallest absolute Gasteiger partial charge is 0.407 e. The molecule has 26 heteroatoms. The fraction of sp³-hybridized carbons (Fsp3) is 0.829. The van der Waals surface area contributed by atoms with Crippen molar-refractivity contribution in [3.8, 4) is 11.5 Å². The van der Waals surface area contributed by atoms with Gasteiger partial charge in [-0.15, -0.1) is 0 Å². The zero-order valence-electron chi connectivity index (χ0n) is 90.0. The van der Waals surface area contributed by atoms with Crippen LogP contribution in [-0.4, -0.2) is 166 Å². The van der Waals surface area contributed by atoms with Gasteiger partial charge in [-0.1, -0.05) is 246 Å². The second-order valence-corrected chi connectivity index (χ2v) is 44.2. The highest BCUT2D eigenvalue weighted by Gasteiger charge is 2.41. The van der Waals surface area contributed by atoms with Crippen LogP contribution in [0.2, 0.25) is 0 Å². The molecule has 0 bridgehead atoms. The van der Waals surface area contributed by atoms with Gasteiger partial charge >= 0.3 is 42.7 Å². The molecule has 11 rings (SSSR count). The van der Waals surface area contributed by atoms with E-state index < -0.39 is 0 Å². The Morgan fingerprint density at radius 2 is 0.584 bits per heavy atom. The summed E-state index contributed by atoms with van der Waals surface area (Å²) in [7, 11) is 4.94. The molecule has 788 valence electrons. The number of carbonyl (C=O) groups excluding carboxylic acids is 7. The van der Waals surface area contributed by atoms with Gasteiger partial charge in [0, 0.05) is 79.9 Å². The highest BCUT2D eigenvalue weighted by Crippen LogP contribution is 2.43. The molecule has 0 saturated heterocycles. The molecule has 7 N–H and O–H groups in total. The highest BCUT2D eigenvalue weighted by atomic mass is 16.7. The molecule has 2 aromatic carbocycles. The second kappa shape index (κ2) is 66.6. The van der Waals surface area contributed by atoms with Crippen LogP contribution in [0.5, 0.6) is 11.5 Å². The summed E-state index contributed by atoms with van der Waals surface area (Å²) < 4.78 is 65.0. The fourth-order valence-electron chi connectivity index (χ4n) is 21.6. The van der Waals surface area contributed by atoms with Gasteiger partial charge in [0.15, 0.2) is 11.5 Å². The Bertz CT molecular complexity index is 3570. The number of methoxy groups -OCH3 is 3. The molecule has 7 amide bonds. The van der Waals surface area contributed by atoms with Crippen molar-refractivity contribution in [2.24, 2.45) is 124 Å². The topological polar surface area (TPSA) is 314 Å². The Kier molecular flexibility index (Phi) is 58.4. The fourth-order valence-corrected chi connectivity index (χ4v) is 21.6. The van der Waals surface area contributed by atoms with E-state index in [0.717, 1.165) is 113 Å². The monoisotopic (exact) mass is 1930 g/mol. The van der Waals surface area contributed by atoms with Crippen molar-refractivity contribution in [2.75, 3.05) is 74.1 Å². The Morgan fingerprint density at radius 1 is 0.307 bits per heavy atom. The van der Waals surface area contributed by atoms with E-state index in [1.54, 1.807) is 21.3 Å². The molecular formula is C111H195N7O19. The molecule has 8 fully saturated rings. The van der Waals surface area contributed by atoms with Crippen molar-refractivity contribution in [1.82, 2.24) is 37.2 Å². The van der Waals surface area contributed by atoms with Crippen LogP contribution in [-0.2, 0) is 60.5 Å². The lowest BCUT2D eigenvalue weighted by Gasteiger charge is -2.37. The number of fused-ring (bicyclic) bond motifs is 1. The molecule has 8 aliphatic carbocycles. The largest absolute Gasteiger partial charge is 0.454 e. The van der Waals surface area contributed by atoms with E-state index in [1.807, 2.05) is 55.5 Å². The molecule has 0 radical (unpaired) electrons. The van der Waals surface area contributed by atoms with Gasteiger partial charge in [0.05, 0.1) is 6.61 Å². The van der Waals surface area contributed by atoms with Crippen LogP contribution in [0.15, 0.2) is 48.5 Å². The van der Waals surface area contributed by atoms with Gasteiger partial charge < -0.3 is 94.1 Å². The SMILES string of the molecule is CC(C)[C@@H]1CC[C@@H](C)C[C@@H]1OC(=O)NC1CCCCC1.CC(C)[C@@H]1CC[C@@H](C)C[C@@H]1OC(=O)NCc1ccc2c(c1)OCO2.CC(C)[C@@H]1CC[C@@H](C)C[C@@H]1OC(=O)NCc1ccccc1.CCNC(=O)O[C@H]1C[C@H](C)CC[C@H]1C(C)C.COCCCNC(=O)O[C@@H]1C[C@@H](C)CC[C@@H]1C(C)C.COCCCNC(=O)O[C@H]1C[C@H](C)CC[C@H]1C(C)C.COCCNC(=O)O[C@H]1C[C@H](C)CC[C@H]1C(C)C. The first-order valence-electron chi connectivity index (χ1n) is 53.8. The number of alkyl carbamates (subject to hydrolysis) is 7. The number of nitrogens with one attached hydrogen (secondary N) is 7. The first kappa shape index (κ1) is 120. The van der Waals surface area contributed by atoms with E-state index in [9.17, 15) is 33.6 Å². The Morgan fingerprint density at radius 3 is 0.883 bits per heavy atom. The van der Waals surface area contributed by atoms with Crippen LogP contribution in [0, 0.1) is 124 Å². The summed E-state index contributed by atoms with van der Waals surface area (Å²) in [6, 6.07) is 15.9. The first-order valence-corrected chi connectivity index (χ1v) is 53.8. The Hall–Kier alpha value is -7.19. The van der Waals surface area contributed by atoms with E-state index in [1.165, 1.54) is 89.9 Å².